The van der Waals surface area contributed by atoms with E-state index < -0.39 is 5.41 Å². The van der Waals surface area contributed by atoms with E-state index in [9.17, 15) is 4.79 Å². The molecule has 0 aliphatic heterocycles. The monoisotopic (exact) mass is 456 g/mol. The lowest BCUT2D eigenvalue weighted by molar-refractivity contribution is -0.139. The molecule has 0 heterocycles. The number of para-hydroxylation sites is 1. The maximum absolute atomic E-state index is 13.9. The minimum Gasteiger partial charge on any atom is -0.426 e. The van der Waals surface area contributed by atoms with Crippen molar-refractivity contribution >= 4 is 5.97 Å². The number of esters is 1. The summed E-state index contributed by atoms with van der Waals surface area (Å²) in [5.41, 5.74) is 1.18. The Kier molecular flexibility index (Phi) is 10.9. The van der Waals surface area contributed by atoms with Gasteiger partial charge in [-0.3, -0.25) is 4.79 Å². The smallest absolute Gasteiger partial charge is 0.326 e. The first kappa shape index (κ1) is 25.7. The van der Waals surface area contributed by atoms with Crippen molar-refractivity contribution in [2.75, 3.05) is 0 Å². The Hall–Kier alpha value is -2.87. The summed E-state index contributed by atoms with van der Waals surface area (Å²) >= 11 is 0. The van der Waals surface area contributed by atoms with Crippen molar-refractivity contribution in [3.8, 4) is 5.75 Å². The Balaban J connectivity index is 1.73. The molecule has 2 heteroatoms. The summed E-state index contributed by atoms with van der Waals surface area (Å²) in [6.07, 6.45) is 13.4. The van der Waals surface area contributed by atoms with Gasteiger partial charge in [0.15, 0.2) is 0 Å². The van der Waals surface area contributed by atoms with Crippen LogP contribution in [-0.4, -0.2) is 5.97 Å². The molecule has 0 aromatic heterocycles. The zero-order chi connectivity index (χ0) is 23.9. The molecule has 0 saturated heterocycles. The van der Waals surface area contributed by atoms with E-state index in [-0.39, 0.29) is 5.97 Å². The Morgan fingerprint density at radius 1 is 0.588 bits per heavy atom. The minimum atomic E-state index is -0.821. The van der Waals surface area contributed by atoms with Crippen molar-refractivity contribution in [3.63, 3.8) is 0 Å². The second-order valence-corrected chi connectivity index (χ2v) is 9.27. The van der Waals surface area contributed by atoms with Crippen molar-refractivity contribution in [1.82, 2.24) is 0 Å². The van der Waals surface area contributed by atoms with Gasteiger partial charge in [-0.1, -0.05) is 150 Å². The van der Waals surface area contributed by atoms with Crippen LogP contribution < -0.4 is 4.74 Å². The molecule has 0 unspecified atom stereocenters. The van der Waals surface area contributed by atoms with Crippen LogP contribution in [-0.2, 0) is 10.2 Å². The quantitative estimate of drug-likeness (QED) is 0.130. The van der Waals surface area contributed by atoms with Crippen LogP contribution in [0.2, 0.25) is 0 Å². The fraction of sp³-hybridized carbons (Fsp3) is 0.406. The Bertz CT molecular complexity index is 895. The molecule has 0 N–H and O–H groups in total. The molecule has 0 atom stereocenters. The predicted octanol–water partition coefficient (Wildman–Crippen LogP) is 8.89. The summed E-state index contributed by atoms with van der Waals surface area (Å²) in [7, 11) is 0. The largest absolute Gasteiger partial charge is 0.426 e. The van der Waals surface area contributed by atoms with Crippen molar-refractivity contribution in [2.45, 2.75) is 83.0 Å². The molecule has 0 bridgehead atoms. The highest BCUT2D eigenvalue weighted by atomic mass is 16.5. The first-order valence-corrected chi connectivity index (χ1v) is 13.2. The lowest BCUT2D eigenvalue weighted by Gasteiger charge is -2.33. The van der Waals surface area contributed by atoms with Gasteiger partial charge in [0, 0.05) is 0 Å². The van der Waals surface area contributed by atoms with Crippen molar-refractivity contribution in [1.29, 1.82) is 0 Å². The maximum Gasteiger partial charge on any atom is 0.326 e. The zero-order valence-corrected chi connectivity index (χ0v) is 20.8. The molecule has 3 aromatic rings. The van der Waals surface area contributed by atoms with E-state index in [1.165, 1.54) is 51.4 Å². The van der Waals surface area contributed by atoms with Crippen LogP contribution in [0.15, 0.2) is 91.0 Å². The van der Waals surface area contributed by atoms with E-state index in [4.69, 9.17) is 4.74 Å². The summed E-state index contributed by atoms with van der Waals surface area (Å²) < 4.78 is 5.99. The third-order valence-electron chi connectivity index (χ3n) is 6.74. The van der Waals surface area contributed by atoms with Gasteiger partial charge in [0.05, 0.1) is 0 Å². The number of ether oxygens (including phenoxy) is 1. The Morgan fingerprint density at radius 2 is 1.00 bits per heavy atom. The van der Waals surface area contributed by atoms with Gasteiger partial charge in [0.2, 0.25) is 0 Å². The second-order valence-electron chi connectivity index (χ2n) is 9.27. The van der Waals surface area contributed by atoms with Crippen LogP contribution in [0.4, 0.5) is 0 Å². The number of rotatable bonds is 15. The van der Waals surface area contributed by atoms with E-state index in [0.717, 1.165) is 30.4 Å². The van der Waals surface area contributed by atoms with Gasteiger partial charge in [-0.25, -0.2) is 0 Å². The highest BCUT2D eigenvalue weighted by Gasteiger charge is 2.43. The van der Waals surface area contributed by atoms with Gasteiger partial charge in [0.1, 0.15) is 11.2 Å². The Labute approximate surface area is 206 Å². The fourth-order valence-corrected chi connectivity index (χ4v) is 4.80. The fourth-order valence-electron chi connectivity index (χ4n) is 4.80. The van der Waals surface area contributed by atoms with Gasteiger partial charge in [-0.2, -0.15) is 0 Å². The number of carbonyl (C=O) groups excluding carboxylic acids is 1. The third-order valence-corrected chi connectivity index (χ3v) is 6.74. The number of carbonyl (C=O) groups is 1. The Morgan fingerprint density at radius 3 is 1.47 bits per heavy atom. The number of hydrogen-bond acceptors (Lipinski definition) is 2. The van der Waals surface area contributed by atoms with Crippen molar-refractivity contribution in [2.24, 2.45) is 0 Å². The molecule has 0 aliphatic carbocycles. The van der Waals surface area contributed by atoms with Gasteiger partial charge >= 0.3 is 5.97 Å². The lowest BCUT2D eigenvalue weighted by Crippen LogP contribution is -2.40. The van der Waals surface area contributed by atoms with E-state index >= 15 is 0 Å². The zero-order valence-electron chi connectivity index (χ0n) is 20.8. The minimum absolute atomic E-state index is 0.202. The maximum atomic E-state index is 13.9. The van der Waals surface area contributed by atoms with Crippen LogP contribution in [0.25, 0.3) is 0 Å². The first-order chi connectivity index (χ1) is 16.8. The van der Waals surface area contributed by atoms with E-state index in [1.807, 2.05) is 66.7 Å². The van der Waals surface area contributed by atoms with Crippen molar-refractivity contribution < 1.29 is 9.53 Å². The van der Waals surface area contributed by atoms with E-state index in [0.29, 0.717) is 5.75 Å². The number of hydrogen-bond donors (Lipinski definition) is 0. The highest BCUT2D eigenvalue weighted by Crippen LogP contribution is 2.39. The van der Waals surface area contributed by atoms with Crippen LogP contribution in [0.1, 0.15) is 88.7 Å². The first-order valence-electron chi connectivity index (χ1n) is 13.2. The molecule has 0 amide bonds. The van der Waals surface area contributed by atoms with Gasteiger partial charge in [-0.05, 0) is 29.7 Å². The summed E-state index contributed by atoms with van der Waals surface area (Å²) in [5, 5.41) is 0. The molecule has 0 radical (unpaired) electrons. The topological polar surface area (TPSA) is 26.3 Å². The predicted molar refractivity (Wildman–Crippen MR) is 142 cm³/mol. The van der Waals surface area contributed by atoms with Gasteiger partial charge in [0.25, 0.3) is 0 Å². The third kappa shape index (κ3) is 7.32. The lowest BCUT2D eigenvalue weighted by atomic mass is 9.71. The molecule has 0 aliphatic rings. The van der Waals surface area contributed by atoms with Crippen LogP contribution in [0.5, 0.6) is 5.75 Å². The van der Waals surface area contributed by atoms with Crippen molar-refractivity contribution in [3.05, 3.63) is 102 Å². The van der Waals surface area contributed by atoms with Crippen LogP contribution >= 0.6 is 0 Å². The normalized spacial score (nSPS) is 11.3. The summed E-state index contributed by atoms with van der Waals surface area (Å²) in [5.74, 6) is 0.388. The van der Waals surface area contributed by atoms with Gasteiger partial charge in [-0.15, -0.1) is 0 Å². The molecule has 0 saturated carbocycles. The molecule has 3 rings (SSSR count). The molecular weight excluding hydrogens is 416 g/mol. The van der Waals surface area contributed by atoms with Crippen LogP contribution in [0.3, 0.4) is 0 Å². The molecule has 2 nitrogen and oxygen atoms in total. The van der Waals surface area contributed by atoms with Crippen LogP contribution in [0, 0.1) is 0 Å². The standard InChI is InChI=1S/C32H40O2/c1-2-3-4-5-6-7-8-9-10-20-27-32(28-21-14-11-15-22-28,29-23-16-12-17-24-29)31(33)34-30-25-18-13-19-26-30/h11-19,21-26H,2-10,20,27H2,1H3. The molecular formula is C32H40O2. The average Bonchev–Trinajstić information content (AvgIpc) is 2.89. The summed E-state index contributed by atoms with van der Waals surface area (Å²) in [6.45, 7) is 2.26. The molecule has 34 heavy (non-hydrogen) atoms. The molecule has 3 aromatic carbocycles. The SMILES string of the molecule is CCCCCCCCCCCCC(C(=O)Oc1ccccc1)(c1ccccc1)c1ccccc1. The van der Waals surface area contributed by atoms with E-state index in [2.05, 4.69) is 31.2 Å². The molecule has 0 fully saturated rings. The second kappa shape index (κ2) is 14.4. The average molecular weight is 457 g/mol. The number of unbranched alkanes of at least 4 members (excludes halogenated alkanes) is 9. The van der Waals surface area contributed by atoms with Gasteiger partial charge < -0.3 is 4.74 Å². The molecule has 0 spiro atoms. The highest BCUT2D eigenvalue weighted by molar-refractivity contribution is 5.89. The summed E-state index contributed by atoms with van der Waals surface area (Å²) in [4.78, 5) is 13.9. The van der Waals surface area contributed by atoms with E-state index in [1.54, 1.807) is 0 Å². The molecule has 180 valence electrons. The summed E-state index contributed by atoms with van der Waals surface area (Å²) in [6, 6.07) is 29.8. The number of benzene rings is 3.